The predicted octanol–water partition coefficient (Wildman–Crippen LogP) is 3.24. The summed E-state index contributed by atoms with van der Waals surface area (Å²) in [7, 11) is -3.61. The van der Waals surface area contributed by atoms with Gasteiger partial charge in [0.1, 0.15) is 5.60 Å². The highest BCUT2D eigenvalue weighted by atomic mass is 32.2. The van der Waals surface area contributed by atoms with Crippen molar-refractivity contribution in [1.82, 2.24) is 10.0 Å². The molecule has 2 aromatic rings. The van der Waals surface area contributed by atoms with E-state index in [1.807, 2.05) is 60.7 Å². The van der Waals surface area contributed by atoms with Crippen molar-refractivity contribution in [3.05, 3.63) is 71.8 Å². The fourth-order valence-corrected chi connectivity index (χ4v) is 3.87. The van der Waals surface area contributed by atoms with Gasteiger partial charge in [-0.05, 0) is 38.3 Å². The van der Waals surface area contributed by atoms with Crippen molar-refractivity contribution in [2.45, 2.75) is 45.4 Å². The molecule has 28 heavy (non-hydrogen) atoms. The van der Waals surface area contributed by atoms with Crippen molar-refractivity contribution in [2.24, 2.45) is 0 Å². The van der Waals surface area contributed by atoms with E-state index in [1.165, 1.54) is 0 Å². The monoisotopic (exact) mass is 404 g/mol. The van der Waals surface area contributed by atoms with Crippen LogP contribution in [0.3, 0.4) is 0 Å². The van der Waals surface area contributed by atoms with Crippen LogP contribution in [0.1, 0.15) is 31.9 Å². The highest BCUT2D eigenvalue weighted by Crippen LogP contribution is 2.10. The number of ether oxygens (including phenoxy) is 1. The summed E-state index contributed by atoms with van der Waals surface area (Å²) in [6.07, 6.45) is -0.251. The first-order valence-electron chi connectivity index (χ1n) is 9.18. The van der Waals surface area contributed by atoms with Crippen LogP contribution in [0.4, 0.5) is 4.79 Å². The van der Waals surface area contributed by atoms with E-state index in [2.05, 4.69) is 10.0 Å². The molecule has 0 saturated carbocycles. The molecule has 0 heterocycles. The summed E-state index contributed by atoms with van der Waals surface area (Å²) in [5.41, 5.74) is 1.14. The minimum atomic E-state index is -3.61. The van der Waals surface area contributed by atoms with Crippen molar-refractivity contribution < 1.29 is 17.9 Å². The Balaban J connectivity index is 2.05. The van der Waals surface area contributed by atoms with Gasteiger partial charge in [-0.15, -0.1) is 0 Å². The zero-order valence-corrected chi connectivity index (χ0v) is 17.3. The van der Waals surface area contributed by atoms with E-state index in [0.717, 1.165) is 11.1 Å². The van der Waals surface area contributed by atoms with Gasteiger partial charge in [-0.2, -0.15) is 0 Å². The van der Waals surface area contributed by atoms with Crippen LogP contribution in [0.25, 0.3) is 0 Å². The summed E-state index contributed by atoms with van der Waals surface area (Å²) >= 11 is 0. The number of hydrogen-bond donors (Lipinski definition) is 2. The van der Waals surface area contributed by atoms with Gasteiger partial charge in [0, 0.05) is 6.54 Å². The van der Waals surface area contributed by atoms with E-state index in [1.54, 1.807) is 20.8 Å². The minimum Gasteiger partial charge on any atom is -0.444 e. The maximum atomic E-state index is 12.6. The molecule has 0 aromatic heterocycles. The van der Waals surface area contributed by atoms with E-state index in [0.29, 0.717) is 6.42 Å². The first kappa shape index (κ1) is 21.9. The van der Waals surface area contributed by atoms with Crippen LogP contribution in [0.5, 0.6) is 0 Å². The topological polar surface area (TPSA) is 84.5 Å². The lowest BCUT2D eigenvalue weighted by Gasteiger charge is -2.24. The molecule has 1 amide bonds. The normalized spacial score (nSPS) is 13.0. The average Bonchev–Trinajstić information content (AvgIpc) is 2.60. The lowest BCUT2D eigenvalue weighted by atomic mass is 10.1. The Labute approximate surface area is 167 Å². The lowest BCUT2D eigenvalue weighted by molar-refractivity contribution is 0.0509. The van der Waals surface area contributed by atoms with Gasteiger partial charge < -0.3 is 10.1 Å². The molecule has 0 radical (unpaired) electrons. The molecule has 7 heteroatoms. The molecule has 2 rings (SSSR count). The number of rotatable bonds is 8. The average molecular weight is 405 g/mol. The van der Waals surface area contributed by atoms with Crippen LogP contribution >= 0.6 is 0 Å². The molecule has 1 atom stereocenters. The van der Waals surface area contributed by atoms with Crippen molar-refractivity contribution in [1.29, 1.82) is 0 Å². The summed E-state index contributed by atoms with van der Waals surface area (Å²) in [4.78, 5) is 12.2. The number of alkyl carbamates (subject to hydrolysis) is 1. The van der Waals surface area contributed by atoms with Gasteiger partial charge in [0.25, 0.3) is 0 Å². The number of carbonyl (C=O) groups excluding carboxylic acids is 1. The van der Waals surface area contributed by atoms with E-state index in [4.69, 9.17) is 4.74 Å². The Morgan fingerprint density at radius 1 is 0.964 bits per heavy atom. The number of amides is 1. The van der Waals surface area contributed by atoms with Gasteiger partial charge in [-0.3, -0.25) is 0 Å². The van der Waals surface area contributed by atoms with Gasteiger partial charge in [0.2, 0.25) is 10.0 Å². The van der Waals surface area contributed by atoms with Crippen LogP contribution in [0.2, 0.25) is 0 Å². The quantitative estimate of drug-likeness (QED) is 0.707. The number of carbonyl (C=O) groups is 1. The number of hydrogen-bond acceptors (Lipinski definition) is 4. The molecule has 0 aliphatic carbocycles. The van der Waals surface area contributed by atoms with Crippen molar-refractivity contribution in [2.75, 3.05) is 5.75 Å². The second kappa shape index (κ2) is 9.71. The molecule has 6 nitrogen and oxygen atoms in total. The molecule has 0 saturated heterocycles. The lowest BCUT2D eigenvalue weighted by Crippen LogP contribution is -2.45. The van der Waals surface area contributed by atoms with Gasteiger partial charge in [-0.25, -0.2) is 17.9 Å². The van der Waals surface area contributed by atoms with Crippen LogP contribution < -0.4 is 10.0 Å². The third kappa shape index (κ3) is 8.54. The standard InChI is InChI=1S/C21H28N2O4S/c1-21(2,3)27-20(24)23-19(14-17-10-6-4-7-11-17)16-28(25,26)22-15-18-12-8-5-9-13-18/h4-13,19,22H,14-16H2,1-3H3,(H,23,24)/t19-/m0/s1. The third-order valence-corrected chi connectivity index (χ3v) is 5.23. The SMILES string of the molecule is CC(C)(C)OC(=O)N[C@@H](Cc1ccccc1)CS(=O)(=O)NCc1ccccc1. The van der Waals surface area contributed by atoms with Crippen LogP contribution in [-0.2, 0) is 27.7 Å². The van der Waals surface area contributed by atoms with Crippen molar-refractivity contribution in [3.63, 3.8) is 0 Å². The Morgan fingerprint density at radius 3 is 2.04 bits per heavy atom. The zero-order chi connectivity index (χ0) is 20.6. The number of nitrogens with one attached hydrogen (secondary N) is 2. The van der Waals surface area contributed by atoms with Crippen molar-refractivity contribution in [3.8, 4) is 0 Å². The maximum absolute atomic E-state index is 12.6. The molecule has 0 aliphatic rings. The third-order valence-electron chi connectivity index (χ3n) is 3.81. The first-order chi connectivity index (χ1) is 13.1. The molecule has 0 spiro atoms. The van der Waals surface area contributed by atoms with Gasteiger partial charge in [0.05, 0.1) is 11.8 Å². The minimum absolute atomic E-state index is 0.202. The second-order valence-corrected chi connectivity index (χ2v) is 9.47. The van der Waals surface area contributed by atoms with Crippen LogP contribution in [0, 0.1) is 0 Å². The van der Waals surface area contributed by atoms with Gasteiger partial charge in [-0.1, -0.05) is 60.7 Å². The summed E-state index contributed by atoms with van der Waals surface area (Å²) in [5, 5.41) is 2.70. The molecule has 152 valence electrons. The Kier molecular flexibility index (Phi) is 7.60. The molecular weight excluding hydrogens is 376 g/mol. The highest BCUT2D eigenvalue weighted by molar-refractivity contribution is 7.89. The van der Waals surface area contributed by atoms with Crippen LogP contribution in [0.15, 0.2) is 60.7 Å². The molecule has 2 N–H and O–H groups in total. The van der Waals surface area contributed by atoms with E-state index < -0.39 is 27.8 Å². The molecule has 0 aliphatic heterocycles. The zero-order valence-electron chi connectivity index (χ0n) is 16.5. The van der Waals surface area contributed by atoms with Crippen LogP contribution in [-0.4, -0.2) is 31.9 Å². The summed E-state index contributed by atoms with van der Waals surface area (Å²) in [6.45, 7) is 5.48. The fraction of sp³-hybridized carbons (Fsp3) is 0.381. The Bertz CT molecular complexity index is 847. The number of benzene rings is 2. The second-order valence-electron chi connectivity index (χ2n) is 7.62. The molecule has 0 unspecified atom stereocenters. The molecule has 0 bridgehead atoms. The Hall–Kier alpha value is -2.38. The maximum Gasteiger partial charge on any atom is 0.407 e. The number of sulfonamides is 1. The van der Waals surface area contributed by atoms with Crippen molar-refractivity contribution >= 4 is 16.1 Å². The largest absolute Gasteiger partial charge is 0.444 e. The van der Waals surface area contributed by atoms with E-state index >= 15 is 0 Å². The smallest absolute Gasteiger partial charge is 0.407 e. The predicted molar refractivity (Wildman–Crippen MR) is 110 cm³/mol. The van der Waals surface area contributed by atoms with E-state index in [-0.39, 0.29) is 12.3 Å². The first-order valence-corrected chi connectivity index (χ1v) is 10.8. The summed E-state index contributed by atoms with van der Waals surface area (Å²) in [5.74, 6) is -0.242. The summed E-state index contributed by atoms with van der Waals surface area (Å²) < 4.78 is 33.0. The fourth-order valence-electron chi connectivity index (χ4n) is 2.64. The van der Waals surface area contributed by atoms with Gasteiger partial charge >= 0.3 is 6.09 Å². The van der Waals surface area contributed by atoms with E-state index in [9.17, 15) is 13.2 Å². The molecular formula is C21H28N2O4S. The van der Waals surface area contributed by atoms with Gasteiger partial charge in [0.15, 0.2) is 0 Å². The molecule has 0 fully saturated rings. The highest BCUT2D eigenvalue weighted by Gasteiger charge is 2.24. The molecule has 2 aromatic carbocycles. The summed E-state index contributed by atoms with van der Waals surface area (Å²) in [6, 6.07) is 18.1. The Morgan fingerprint density at radius 2 is 1.50 bits per heavy atom.